The number of aryl methyl sites for hydroxylation is 2. The number of nitrogens with one attached hydrogen (secondary N) is 1. The van der Waals surface area contributed by atoms with E-state index in [1.807, 2.05) is 74.5 Å². The number of hydrogen-bond donors (Lipinski definition) is 1. The lowest BCUT2D eigenvalue weighted by molar-refractivity contribution is 0.102. The summed E-state index contributed by atoms with van der Waals surface area (Å²) in [5.41, 5.74) is 3.88. The molecule has 0 atom stereocenters. The van der Waals surface area contributed by atoms with Crippen LogP contribution in [0.15, 0.2) is 83.1 Å². The van der Waals surface area contributed by atoms with Gasteiger partial charge in [-0.25, -0.2) is 19.9 Å². The molecule has 30 heavy (non-hydrogen) atoms. The molecule has 148 valence electrons. The quantitative estimate of drug-likeness (QED) is 0.466. The number of carbonyl (C=O) groups excluding carboxylic acids is 1. The molecule has 0 radical (unpaired) electrons. The molecule has 2 aromatic carbocycles. The highest BCUT2D eigenvalue weighted by Crippen LogP contribution is 2.26. The minimum Gasteiger partial charge on any atom is -0.322 e. The number of aromatic nitrogens is 4. The number of benzene rings is 2. The van der Waals surface area contributed by atoms with Gasteiger partial charge in [0.15, 0.2) is 11.0 Å². The fourth-order valence-corrected chi connectivity index (χ4v) is 3.70. The molecule has 0 unspecified atom stereocenters. The molecule has 1 amide bonds. The van der Waals surface area contributed by atoms with Crippen molar-refractivity contribution in [3.05, 3.63) is 90.0 Å². The van der Waals surface area contributed by atoms with Crippen LogP contribution in [0, 0.1) is 13.8 Å². The Kier molecular flexibility index (Phi) is 5.81. The van der Waals surface area contributed by atoms with Crippen molar-refractivity contribution < 1.29 is 4.79 Å². The Morgan fingerprint density at radius 2 is 1.50 bits per heavy atom. The van der Waals surface area contributed by atoms with Crippen LogP contribution in [0.5, 0.6) is 0 Å². The van der Waals surface area contributed by atoms with E-state index in [2.05, 4.69) is 25.3 Å². The lowest BCUT2D eigenvalue weighted by Gasteiger charge is -2.07. The highest BCUT2D eigenvalue weighted by Gasteiger charge is 2.09. The minimum absolute atomic E-state index is 0.257. The standard InChI is InChI=1S/C23H19N5OS/c1-15-12-16(2)27-23(26-15)30-20-10-8-19(9-11-20)28-22(29)18-13-24-21(25-14-18)17-6-4-3-5-7-17/h3-14H,1-2H3,(H,28,29). The summed E-state index contributed by atoms with van der Waals surface area (Å²) in [5, 5.41) is 3.58. The highest BCUT2D eigenvalue weighted by atomic mass is 32.2. The molecule has 0 aliphatic rings. The van der Waals surface area contributed by atoms with Gasteiger partial charge < -0.3 is 5.32 Å². The van der Waals surface area contributed by atoms with E-state index in [0.717, 1.165) is 21.8 Å². The van der Waals surface area contributed by atoms with Gasteiger partial charge in [0.2, 0.25) is 0 Å². The van der Waals surface area contributed by atoms with Crippen LogP contribution < -0.4 is 5.32 Å². The summed E-state index contributed by atoms with van der Waals surface area (Å²) < 4.78 is 0. The van der Waals surface area contributed by atoms with Gasteiger partial charge in [0.1, 0.15) is 0 Å². The molecular formula is C23H19N5OS. The first-order chi connectivity index (χ1) is 14.6. The summed E-state index contributed by atoms with van der Waals surface area (Å²) in [6.45, 7) is 3.90. The molecule has 0 bridgehead atoms. The summed E-state index contributed by atoms with van der Waals surface area (Å²) in [7, 11) is 0. The monoisotopic (exact) mass is 413 g/mol. The number of nitrogens with zero attached hydrogens (tertiary/aromatic N) is 4. The van der Waals surface area contributed by atoms with Crippen LogP contribution in [0.3, 0.4) is 0 Å². The molecule has 1 N–H and O–H groups in total. The number of amides is 1. The van der Waals surface area contributed by atoms with Crippen molar-refractivity contribution in [2.45, 2.75) is 23.9 Å². The van der Waals surface area contributed by atoms with Crippen LogP contribution in [0.25, 0.3) is 11.4 Å². The van der Waals surface area contributed by atoms with Gasteiger partial charge in [-0.2, -0.15) is 0 Å². The third-order valence-corrected chi connectivity index (χ3v) is 5.10. The summed E-state index contributed by atoms with van der Waals surface area (Å²) in [5.74, 6) is 0.329. The summed E-state index contributed by atoms with van der Waals surface area (Å²) in [6, 6.07) is 19.1. The maximum absolute atomic E-state index is 12.5. The molecule has 4 aromatic rings. The van der Waals surface area contributed by atoms with Gasteiger partial charge in [0.25, 0.3) is 5.91 Å². The maximum atomic E-state index is 12.5. The van der Waals surface area contributed by atoms with Gasteiger partial charge in [0.05, 0.1) is 5.56 Å². The van der Waals surface area contributed by atoms with Gasteiger partial charge in [-0.15, -0.1) is 0 Å². The molecule has 4 rings (SSSR count). The van der Waals surface area contributed by atoms with Crippen molar-refractivity contribution in [3.8, 4) is 11.4 Å². The Balaban J connectivity index is 1.41. The molecule has 0 saturated heterocycles. The third-order valence-electron chi connectivity index (χ3n) is 4.23. The molecule has 7 heteroatoms. The average molecular weight is 414 g/mol. The number of hydrogen-bond acceptors (Lipinski definition) is 6. The van der Waals surface area contributed by atoms with Gasteiger partial charge in [0, 0.05) is 39.9 Å². The SMILES string of the molecule is Cc1cc(C)nc(Sc2ccc(NC(=O)c3cnc(-c4ccccc4)nc3)cc2)n1. The van der Waals surface area contributed by atoms with E-state index < -0.39 is 0 Å². The lowest BCUT2D eigenvalue weighted by atomic mass is 10.2. The first kappa shape index (κ1) is 19.7. The Hall–Kier alpha value is -3.58. The van der Waals surface area contributed by atoms with Crippen LogP contribution in [0.1, 0.15) is 21.7 Å². The number of carbonyl (C=O) groups is 1. The number of rotatable bonds is 5. The van der Waals surface area contributed by atoms with Gasteiger partial charge in [-0.05, 0) is 55.9 Å². The molecule has 2 heterocycles. The second-order valence-corrected chi connectivity index (χ2v) is 7.72. The van der Waals surface area contributed by atoms with Gasteiger partial charge in [-0.3, -0.25) is 4.79 Å². The summed E-state index contributed by atoms with van der Waals surface area (Å²) in [4.78, 5) is 31.0. The Morgan fingerprint density at radius 1 is 0.867 bits per heavy atom. The molecule has 0 aliphatic heterocycles. The smallest absolute Gasteiger partial charge is 0.258 e. The topological polar surface area (TPSA) is 80.7 Å². The Labute approximate surface area is 178 Å². The zero-order valence-corrected chi connectivity index (χ0v) is 17.4. The van der Waals surface area contributed by atoms with Crippen molar-refractivity contribution >= 4 is 23.4 Å². The predicted octanol–water partition coefficient (Wildman–Crippen LogP) is 4.95. The van der Waals surface area contributed by atoms with Gasteiger partial charge >= 0.3 is 0 Å². The lowest BCUT2D eigenvalue weighted by Crippen LogP contribution is -2.12. The van der Waals surface area contributed by atoms with Crippen molar-refractivity contribution in [1.82, 2.24) is 19.9 Å². The highest BCUT2D eigenvalue weighted by molar-refractivity contribution is 7.99. The average Bonchev–Trinajstić information content (AvgIpc) is 2.75. The second kappa shape index (κ2) is 8.84. The van der Waals surface area contributed by atoms with E-state index >= 15 is 0 Å². The molecule has 2 aromatic heterocycles. The van der Waals surface area contributed by atoms with Crippen molar-refractivity contribution in [3.63, 3.8) is 0 Å². The van der Waals surface area contributed by atoms with E-state index in [-0.39, 0.29) is 5.91 Å². The predicted molar refractivity (Wildman–Crippen MR) is 117 cm³/mol. The molecule has 0 spiro atoms. The minimum atomic E-state index is -0.257. The van der Waals surface area contributed by atoms with Crippen LogP contribution in [0.2, 0.25) is 0 Å². The van der Waals surface area contributed by atoms with E-state index in [1.54, 1.807) is 0 Å². The molecule has 6 nitrogen and oxygen atoms in total. The zero-order chi connectivity index (χ0) is 20.9. The second-order valence-electron chi connectivity index (χ2n) is 6.68. The fraction of sp³-hybridized carbons (Fsp3) is 0.0870. The van der Waals surface area contributed by atoms with Gasteiger partial charge in [-0.1, -0.05) is 30.3 Å². The van der Waals surface area contributed by atoms with E-state index in [0.29, 0.717) is 22.2 Å². The van der Waals surface area contributed by atoms with E-state index in [9.17, 15) is 4.79 Å². The molecule has 0 fully saturated rings. The summed E-state index contributed by atoms with van der Waals surface area (Å²) >= 11 is 1.48. The van der Waals surface area contributed by atoms with Crippen LogP contribution >= 0.6 is 11.8 Å². The molecule has 0 saturated carbocycles. The van der Waals surface area contributed by atoms with E-state index in [4.69, 9.17) is 0 Å². The molecular weight excluding hydrogens is 394 g/mol. The third kappa shape index (κ3) is 4.87. The first-order valence-corrected chi connectivity index (χ1v) is 10.2. The largest absolute Gasteiger partial charge is 0.322 e. The van der Waals surface area contributed by atoms with Crippen LogP contribution in [-0.4, -0.2) is 25.8 Å². The Bertz CT molecular complexity index is 1140. The summed E-state index contributed by atoms with van der Waals surface area (Å²) in [6.07, 6.45) is 3.07. The van der Waals surface area contributed by atoms with E-state index in [1.165, 1.54) is 24.2 Å². The Morgan fingerprint density at radius 3 is 2.13 bits per heavy atom. The van der Waals surface area contributed by atoms with Crippen LogP contribution in [-0.2, 0) is 0 Å². The van der Waals surface area contributed by atoms with Crippen LogP contribution in [0.4, 0.5) is 5.69 Å². The number of anilines is 1. The van der Waals surface area contributed by atoms with Crippen molar-refractivity contribution in [2.75, 3.05) is 5.32 Å². The fourth-order valence-electron chi connectivity index (χ4n) is 2.84. The zero-order valence-electron chi connectivity index (χ0n) is 16.5. The normalized spacial score (nSPS) is 10.6. The first-order valence-electron chi connectivity index (χ1n) is 9.36. The van der Waals surface area contributed by atoms with Crippen molar-refractivity contribution in [1.29, 1.82) is 0 Å². The molecule has 0 aliphatic carbocycles. The van der Waals surface area contributed by atoms with Crippen molar-refractivity contribution in [2.24, 2.45) is 0 Å². The maximum Gasteiger partial charge on any atom is 0.258 e.